The molecule has 0 bridgehead atoms. The molecule has 0 aromatic carbocycles. The molecule has 1 unspecified atom stereocenters. The molecule has 1 N–H and O–H groups in total. The van der Waals surface area contributed by atoms with Gasteiger partial charge in [-0.1, -0.05) is 23.2 Å². The summed E-state index contributed by atoms with van der Waals surface area (Å²) in [7, 11) is 0. The number of thiophene rings is 1. The van der Waals surface area contributed by atoms with Crippen LogP contribution in [0.2, 0.25) is 8.67 Å². The Bertz CT molecular complexity index is 400. The molecular weight excluding hydrogens is 261 g/mol. The van der Waals surface area contributed by atoms with Crippen molar-refractivity contribution in [3.8, 4) is 0 Å². The van der Waals surface area contributed by atoms with E-state index in [2.05, 4.69) is 4.98 Å². The summed E-state index contributed by atoms with van der Waals surface area (Å²) in [5.74, 6) is 0. The predicted octanol–water partition coefficient (Wildman–Crippen LogP) is 3.59. The molecule has 1 atom stereocenters. The van der Waals surface area contributed by atoms with E-state index in [1.807, 2.05) is 0 Å². The molecule has 2 aromatic rings. The van der Waals surface area contributed by atoms with Gasteiger partial charge in [0.05, 0.1) is 10.5 Å². The fourth-order valence-electron chi connectivity index (χ4n) is 0.990. The van der Waals surface area contributed by atoms with Gasteiger partial charge in [0.15, 0.2) is 0 Å². The Hall–Kier alpha value is -0.130. The van der Waals surface area contributed by atoms with E-state index >= 15 is 0 Å². The maximum atomic E-state index is 9.86. The number of aromatic nitrogens is 1. The van der Waals surface area contributed by atoms with Gasteiger partial charge in [-0.25, -0.2) is 4.98 Å². The number of hydrogen-bond donors (Lipinski definition) is 1. The normalized spacial score (nSPS) is 13.1. The van der Waals surface area contributed by atoms with Crippen molar-refractivity contribution in [1.82, 2.24) is 4.98 Å². The first-order valence-electron chi connectivity index (χ1n) is 3.71. The van der Waals surface area contributed by atoms with Crippen LogP contribution in [0.4, 0.5) is 0 Å². The minimum absolute atomic E-state index is 0.571. The molecule has 0 aliphatic heterocycles. The van der Waals surface area contributed by atoms with E-state index in [0.29, 0.717) is 13.7 Å². The Morgan fingerprint density at radius 3 is 2.50 bits per heavy atom. The lowest BCUT2D eigenvalue weighted by Gasteiger charge is -2.02. The van der Waals surface area contributed by atoms with Crippen LogP contribution in [0, 0.1) is 0 Å². The van der Waals surface area contributed by atoms with E-state index < -0.39 is 6.10 Å². The molecule has 14 heavy (non-hydrogen) atoms. The number of aliphatic hydroxyl groups excluding tert-OH is 1. The standard InChI is InChI=1S/C8H5Cl2NOS2/c9-5-2-1-4(13-5)7(12)8-11-3-6(10)14-8/h1-3,7,12H. The number of hydrogen-bond acceptors (Lipinski definition) is 4. The maximum Gasteiger partial charge on any atom is 0.140 e. The van der Waals surface area contributed by atoms with Crippen molar-refractivity contribution in [2.45, 2.75) is 6.10 Å². The third kappa shape index (κ3) is 2.10. The molecule has 0 aliphatic rings. The van der Waals surface area contributed by atoms with Crippen molar-refractivity contribution in [2.75, 3.05) is 0 Å². The minimum atomic E-state index is -0.718. The second-order valence-corrected chi connectivity index (χ2v) is 5.99. The highest BCUT2D eigenvalue weighted by Crippen LogP contribution is 2.33. The number of thiazole rings is 1. The molecule has 0 amide bonds. The third-order valence-corrected chi connectivity index (χ3v) is 4.04. The number of rotatable bonds is 2. The molecule has 0 saturated carbocycles. The first-order chi connectivity index (χ1) is 6.66. The van der Waals surface area contributed by atoms with Crippen molar-refractivity contribution in [3.05, 3.63) is 36.9 Å². The molecule has 0 aliphatic carbocycles. The summed E-state index contributed by atoms with van der Waals surface area (Å²) in [6.45, 7) is 0. The number of aliphatic hydroxyl groups is 1. The SMILES string of the molecule is OC(c1ccc(Cl)s1)c1ncc(Cl)s1. The first-order valence-corrected chi connectivity index (χ1v) is 6.10. The van der Waals surface area contributed by atoms with Gasteiger partial charge >= 0.3 is 0 Å². The summed E-state index contributed by atoms with van der Waals surface area (Å²) in [6, 6.07) is 3.53. The van der Waals surface area contributed by atoms with Gasteiger partial charge in [0.1, 0.15) is 15.4 Å². The Kier molecular flexibility index (Phi) is 3.09. The highest BCUT2D eigenvalue weighted by molar-refractivity contribution is 7.17. The second-order valence-electron chi connectivity index (χ2n) is 2.55. The monoisotopic (exact) mass is 265 g/mol. The predicted molar refractivity (Wildman–Crippen MR) is 60.5 cm³/mol. The van der Waals surface area contributed by atoms with Gasteiger partial charge in [-0.3, -0.25) is 0 Å². The summed E-state index contributed by atoms with van der Waals surface area (Å²) in [6.07, 6.45) is 0.810. The number of nitrogens with zero attached hydrogens (tertiary/aromatic N) is 1. The Labute approximate surface area is 98.8 Å². The van der Waals surface area contributed by atoms with Crippen LogP contribution < -0.4 is 0 Å². The average molecular weight is 266 g/mol. The summed E-state index contributed by atoms with van der Waals surface area (Å²) in [5.41, 5.74) is 0. The van der Waals surface area contributed by atoms with Crippen molar-refractivity contribution in [3.63, 3.8) is 0 Å². The first kappa shape index (κ1) is 10.4. The molecule has 2 rings (SSSR count). The van der Waals surface area contributed by atoms with Crippen molar-refractivity contribution in [2.24, 2.45) is 0 Å². The van der Waals surface area contributed by atoms with Crippen molar-refractivity contribution < 1.29 is 5.11 Å². The van der Waals surface area contributed by atoms with Gasteiger partial charge in [0.2, 0.25) is 0 Å². The zero-order chi connectivity index (χ0) is 10.1. The molecule has 2 aromatic heterocycles. The van der Waals surface area contributed by atoms with Crippen LogP contribution in [-0.4, -0.2) is 10.1 Å². The van der Waals surface area contributed by atoms with E-state index in [1.54, 1.807) is 12.1 Å². The molecule has 0 fully saturated rings. The lowest BCUT2D eigenvalue weighted by atomic mass is 10.3. The van der Waals surface area contributed by atoms with Crippen LogP contribution >= 0.6 is 45.9 Å². The third-order valence-electron chi connectivity index (χ3n) is 1.59. The Morgan fingerprint density at radius 2 is 2.00 bits per heavy atom. The van der Waals surface area contributed by atoms with Gasteiger partial charge in [0.25, 0.3) is 0 Å². The Morgan fingerprint density at radius 1 is 1.21 bits per heavy atom. The van der Waals surface area contributed by atoms with Gasteiger partial charge in [-0.15, -0.1) is 22.7 Å². The van der Waals surface area contributed by atoms with Crippen LogP contribution in [0.1, 0.15) is 16.0 Å². The summed E-state index contributed by atoms with van der Waals surface area (Å²) in [5, 5.41) is 10.5. The zero-order valence-corrected chi connectivity index (χ0v) is 9.92. The smallest absolute Gasteiger partial charge is 0.140 e. The zero-order valence-electron chi connectivity index (χ0n) is 6.78. The van der Waals surface area contributed by atoms with E-state index in [-0.39, 0.29) is 0 Å². The van der Waals surface area contributed by atoms with Gasteiger partial charge in [0, 0.05) is 4.88 Å². The van der Waals surface area contributed by atoms with E-state index in [0.717, 1.165) is 4.88 Å². The van der Waals surface area contributed by atoms with Crippen LogP contribution in [0.25, 0.3) is 0 Å². The maximum absolute atomic E-state index is 9.86. The summed E-state index contributed by atoms with van der Waals surface area (Å²) in [4.78, 5) is 4.78. The van der Waals surface area contributed by atoms with Gasteiger partial charge in [-0.05, 0) is 12.1 Å². The van der Waals surface area contributed by atoms with Gasteiger partial charge < -0.3 is 5.11 Å². The molecule has 0 saturated heterocycles. The molecule has 74 valence electrons. The molecule has 6 heteroatoms. The summed E-state index contributed by atoms with van der Waals surface area (Å²) >= 11 is 14.1. The Balaban J connectivity index is 2.28. The topological polar surface area (TPSA) is 33.1 Å². The van der Waals surface area contributed by atoms with Crippen LogP contribution in [0.5, 0.6) is 0 Å². The van der Waals surface area contributed by atoms with Crippen LogP contribution in [0.3, 0.4) is 0 Å². The van der Waals surface area contributed by atoms with Gasteiger partial charge in [-0.2, -0.15) is 0 Å². The molecule has 2 heterocycles. The lowest BCUT2D eigenvalue weighted by molar-refractivity contribution is 0.223. The molecule has 2 nitrogen and oxygen atoms in total. The molecular formula is C8H5Cl2NOS2. The van der Waals surface area contributed by atoms with E-state index in [9.17, 15) is 5.11 Å². The average Bonchev–Trinajstić information content (AvgIpc) is 2.73. The van der Waals surface area contributed by atoms with Crippen LogP contribution in [-0.2, 0) is 0 Å². The highest BCUT2D eigenvalue weighted by atomic mass is 35.5. The number of halogens is 2. The van der Waals surface area contributed by atoms with Crippen molar-refractivity contribution >= 4 is 45.9 Å². The molecule has 0 spiro atoms. The fourth-order valence-corrected chi connectivity index (χ4v) is 3.05. The largest absolute Gasteiger partial charge is 0.380 e. The van der Waals surface area contributed by atoms with Crippen LogP contribution in [0.15, 0.2) is 18.3 Å². The minimum Gasteiger partial charge on any atom is -0.380 e. The highest BCUT2D eigenvalue weighted by Gasteiger charge is 2.16. The van der Waals surface area contributed by atoms with E-state index in [1.165, 1.54) is 28.9 Å². The van der Waals surface area contributed by atoms with Crippen molar-refractivity contribution in [1.29, 1.82) is 0 Å². The van der Waals surface area contributed by atoms with E-state index in [4.69, 9.17) is 23.2 Å². The summed E-state index contributed by atoms with van der Waals surface area (Å²) < 4.78 is 1.23. The quantitative estimate of drug-likeness (QED) is 0.901. The lowest BCUT2D eigenvalue weighted by Crippen LogP contribution is -1.94. The second kappa shape index (κ2) is 4.16. The fraction of sp³-hybridized carbons (Fsp3) is 0.125. The molecule has 0 radical (unpaired) electrons.